The number of ketones is 1. The van der Waals surface area contributed by atoms with Crippen LogP contribution in [0.3, 0.4) is 0 Å². The second-order valence-electron chi connectivity index (χ2n) is 6.29. The molecule has 6 nitrogen and oxygen atoms in total. The largest absolute Gasteiger partial charge is 0.508 e. The number of cyclic esters (lactones) is 1. The standard InChI is InChI=1S/C18H20O6/c1-10-6-16-15(24-16)5-3-2-4-12(19)7-11-8-13(20)9-14(21)17(11)18(22)23-10/h2,4,8-10,15-16,20-21H,3,5-7H2,1H3/b4-2-/t10-,15-,16-/m1/s1. The smallest absolute Gasteiger partial charge is 0.342 e. The molecule has 0 bridgehead atoms. The maximum atomic E-state index is 12.4. The minimum absolute atomic E-state index is 0.0627. The second-order valence-corrected chi connectivity index (χ2v) is 6.29. The van der Waals surface area contributed by atoms with E-state index in [1.807, 2.05) is 0 Å². The van der Waals surface area contributed by atoms with Crippen LogP contribution in [0.25, 0.3) is 0 Å². The minimum Gasteiger partial charge on any atom is -0.508 e. The lowest BCUT2D eigenvalue weighted by Gasteiger charge is -2.15. The molecule has 6 heteroatoms. The molecule has 24 heavy (non-hydrogen) atoms. The van der Waals surface area contributed by atoms with E-state index in [4.69, 9.17) is 9.47 Å². The monoisotopic (exact) mass is 332 g/mol. The van der Waals surface area contributed by atoms with E-state index in [0.717, 1.165) is 18.9 Å². The van der Waals surface area contributed by atoms with Gasteiger partial charge in [0.15, 0.2) is 5.78 Å². The highest BCUT2D eigenvalue weighted by molar-refractivity contribution is 5.98. The molecule has 2 heterocycles. The number of hydrogen-bond donors (Lipinski definition) is 2. The molecule has 128 valence electrons. The van der Waals surface area contributed by atoms with Gasteiger partial charge >= 0.3 is 5.97 Å². The number of phenolic OH excluding ortho intramolecular Hbond substituents is 2. The van der Waals surface area contributed by atoms with Gasteiger partial charge in [0.25, 0.3) is 0 Å². The fraction of sp³-hybridized carbons (Fsp3) is 0.444. The number of epoxide rings is 1. The Morgan fingerprint density at radius 2 is 1.96 bits per heavy atom. The van der Waals surface area contributed by atoms with E-state index in [1.165, 1.54) is 12.1 Å². The SMILES string of the molecule is C[C@@H]1C[C@H]2O[C@@H]2CC/C=C\C(=O)Cc2cc(O)cc(O)c2C(=O)O1. The minimum atomic E-state index is -0.707. The molecule has 1 saturated heterocycles. The van der Waals surface area contributed by atoms with Gasteiger partial charge < -0.3 is 19.7 Å². The van der Waals surface area contributed by atoms with E-state index < -0.39 is 11.7 Å². The molecule has 2 aliphatic rings. The van der Waals surface area contributed by atoms with Gasteiger partial charge in [0.1, 0.15) is 23.2 Å². The summed E-state index contributed by atoms with van der Waals surface area (Å²) in [7, 11) is 0. The number of rotatable bonds is 0. The van der Waals surface area contributed by atoms with Crippen LogP contribution in [0.2, 0.25) is 0 Å². The topological polar surface area (TPSA) is 96.4 Å². The molecule has 0 unspecified atom stereocenters. The Bertz CT molecular complexity index is 693. The van der Waals surface area contributed by atoms with Gasteiger partial charge in [-0.05, 0) is 37.5 Å². The molecule has 2 aliphatic heterocycles. The van der Waals surface area contributed by atoms with E-state index in [-0.39, 0.29) is 47.4 Å². The first kappa shape index (κ1) is 16.5. The maximum absolute atomic E-state index is 12.4. The lowest BCUT2D eigenvalue weighted by Crippen LogP contribution is -2.19. The van der Waals surface area contributed by atoms with Crippen molar-refractivity contribution < 1.29 is 29.3 Å². The number of carbonyl (C=O) groups excluding carboxylic acids is 2. The summed E-state index contributed by atoms with van der Waals surface area (Å²) >= 11 is 0. The van der Waals surface area contributed by atoms with Crippen LogP contribution in [0.5, 0.6) is 11.5 Å². The van der Waals surface area contributed by atoms with Crippen LogP contribution >= 0.6 is 0 Å². The zero-order valence-corrected chi connectivity index (χ0v) is 13.4. The molecular formula is C18H20O6. The summed E-state index contributed by atoms with van der Waals surface area (Å²) in [5.41, 5.74) is 0.170. The third-order valence-electron chi connectivity index (χ3n) is 4.23. The van der Waals surface area contributed by atoms with Crippen molar-refractivity contribution in [2.24, 2.45) is 0 Å². The van der Waals surface area contributed by atoms with Crippen LogP contribution in [0.15, 0.2) is 24.3 Å². The molecule has 3 rings (SSSR count). The second kappa shape index (κ2) is 6.65. The first-order valence-corrected chi connectivity index (χ1v) is 8.04. The van der Waals surface area contributed by atoms with Crippen LogP contribution in [0.1, 0.15) is 42.1 Å². The molecule has 0 aliphatic carbocycles. The summed E-state index contributed by atoms with van der Waals surface area (Å²) < 4.78 is 10.9. The van der Waals surface area contributed by atoms with Gasteiger partial charge in [-0.1, -0.05) is 6.08 Å². The fourth-order valence-corrected chi connectivity index (χ4v) is 3.02. The zero-order valence-electron chi connectivity index (χ0n) is 13.4. The molecule has 1 aromatic rings. The molecule has 3 atom stereocenters. The normalized spacial score (nSPS) is 29.0. The van der Waals surface area contributed by atoms with Crippen molar-refractivity contribution in [2.45, 2.75) is 50.9 Å². The molecular weight excluding hydrogens is 312 g/mol. The number of esters is 1. The van der Waals surface area contributed by atoms with E-state index in [1.54, 1.807) is 13.0 Å². The highest BCUT2D eigenvalue weighted by Crippen LogP contribution is 2.33. The van der Waals surface area contributed by atoms with Crippen molar-refractivity contribution in [2.75, 3.05) is 0 Å². The number of phenols is 2. The van der Waals surface area contributed by atoms with Crippen molar-refractivity contribution in [3.05, 3.63) is 35.4 Å². The number of aromatic hydroxyl groups is 2. The van der Waals surface area contributed by atoms with E-state index in [0.29, 0.717) is 6.42 Å². The van der Waals surface area contributed by atoms with E-state index >= 15 is 0 Å². The van der Waals surface area contributed by atoms with Gasteiger partial charge in [-0.3, -0.25) is 4.79 Å². The molecule has 1 fully saturated rings. The highest BCUT2D eigenvalue weighted by atomic mass is 16.6. The summed E-state index contributed by atoms with van der Waals surface area (Å²) in [5.74, 6) is -1.53. The van der Waals surface area contributed by atoms with Gasteiger partial charge in [0.05, 0.1) is 12.2 Å². The predicted octanol–water partition coefficient (Wildman–Crippen LogP) is 2.26. The van der Waals surface area contributed by atoms with Gasteiger partial charge in [0.2, 0.25) is 0 Å². The van der Waals surface area contributed by atoms with Gasteiger partial charge in [-0.2, -0.15) is 0 Å². The predicted molar refractivity (Wildman–Crippen MR) is 85.0 cm³/mol. The quantitative estimate of drug-likeness (QED) is 0.559. The molecule has 0 amide bonds. The number of carbonyl (C=O) groups is 2. The number of ether oxygens (including phenoxy) is 2. The summed E-state index contributed by atoms with van der Waals surface area (Å²) in [6.45, 7) is 1.77. The molecule has 2 N–H and O–H groups in total. The Balaban J connectivity index is 1.92. The van der Waals surface area contributed by atoms with Gasteiger partial charge in [-0.25, -0.2) is 4.79 Å². The Hall–Kier alpha value is -2.34. The lowest BCUT2D eigenvalue weighted by atomic mass is 9.99. The Kier molecular flexibility index (Phi) is 4.57. The highest BCUT2D eigenvalue weighted by Gasteiger charge is 2.39. The van der Waals surface area contributed by atoms with Crippen molar-refractivity contribution in [1.29, 1.82) is 0 Å². The van der Waals surface area contributed by atoms with E-state index in [2.05, 4.69) is 0 Å². The first-order chi connectivity index (χ1) is 11.4. The van der Waals surface area contributed by atoms with Crippen LogP contribution in [0.4, 0.5) is 0 Å². The summed E-state index contributed by atoms with van der Waals surface area (Å²) in [6, 6.07) is 2.37. The van der Waals surface area contributed by atoms with Crippen molar-refractivity contribution >= 4 is 11.8 Å². The van der Waals surface area contributed by atoms with Crippen molar-refractivity contribution in [3.63, 3.8) is 0 Å². The summed E-state index contributed by atoms with van der Waals surface area (Å²) in [4.78, 5) is 24.5. The average Bonchev–Trinajstić information content (AvgIpc) is 3.19. The summed E-state index contributed by atoms with van der Waals surface area (Å²) in [5, 5.41) is 19.7. The Labute approximate surface area is 139 Å². The van der Waals surface area contributed by atoms with Crippen LogP contribution in [-0.2, 0) is 20.7 Å². The Morgan fingerprint density at radius 3 is 2.75 bits per heavy atom. The molecule has 0 aromatic heterocycles. The van der Waals surface area contributed by atoms with Crippen molar-refractivity contribution in [1.82, 2.24) is 0 Å². The van der Waals surface area contributed by atoms with Crippen molar-refractivity contribution in [3.8, 4) is 11.5 Å². The maximum Gasteiger partial charge on any atom is 0.342 e. The molecule has 1 aromatic carbocycles. The molecule has 0 radical (unpaired) electrons. The summed E-state index contributed by atoms with van der Waals surface area (Å²) in [6.07, 6.45) is 5.14. The zero-order chi connectivity index (χ0) is 17.3. The van der Waals surface area contributed by atoms with Crippen LogP contribution in [0, 0.1) is 0 Å². The van der Waals surface area contributed by atoms with Crippen LogP contribution < -0.4 is 0 Å². The molecule has 0 spiro atoms. The first-order valence-electron chi connectivity index (χ1n) is 8.04. The van der Waals surface area contributed by atoms with Gasteiger partial charge in [0, 0.05) is 18.9 Å². The fourth-order valence-electron chi connectivity index (χ4n) is 3.02. The third-order valence-corrected chi connectivity index (χ3v) is 4.23. The number of benzene rings is 1. The molecule has 0 saturated carbocycles. The van der Waals surface area contributed by atoms with Crippen LogP contribution in [-0.4, -0.2) is 40.3 Å². The number of allylic oxidation sites excluding steroid dienone is 2. The number of fused-ring (bicyclic) bond motifs is 2. The third kappa shape index (κ3) is 3.76. The van der Waals surface area contributed by atoms with E-state index in [9.17, 15) is 19.8 Å². The average molecular weight is 332 g/mol. The number of hydrogen-bond acceptors (Lipinski definition) is 6. The lowest BCUT2D eigenvalue weighted by molar-refractivity contribution is -0.114. The van der Waals surface area contributed by atoms with Gasteiger partial charge in [-0.15, -0.1) is 0 Å². The Morgan fingerprint density at radius 1 is 1.17 bits per heavy atom.